The molecule has 1 rings (SSSR count). The van der Waals surface area contributed by atoms with Crippen LogP contribution >= 0.6 is 43.5 Å². The number of amides is 1. The van der Waals surface area contributed by atoms with E-state index in [1.54, 1.807) is 12.1 Å². The molecule has 0 saturated heterocycles. The molecule has 2 atom stereocenters. The zero-order chi connectivity index (χ0) is 14.6. The lowest BCUT2D eigenvalue weighted by molar-refractivity contribution is -0.137. The Morgan fingerprint density at radius 2 is 2.00 bits per heavy atom. The Balaban J connectivity index is 2.87. The summed E-state index contributed by atoms with van der Waals surface area (Å²) in [5, 5.41) is 11.8. The maximum absolute atomic E-state index is 11.9. The van der Waals surface area contributed by atoms with E-state index in [0.717, 1.165) is 0 Å². The number of benzene rings is 1. The number of carbonyl (C=O) groups is 2. The third kappa shape index (κ3) is 4.36. The predicted molar refractivity (Wildman–Crippen MR) is 79.7 cm³/mol. The maximum atomic E-state index is 11.9. The number of carbonyl (C=O) groups excluding carboxylic acids is 1. The molecule has 8 heteroatoms. The second-order valence-corrected chi connectivity index (χ2v) is 5.89. The Bertz CT molecular complexity index is 498. The van der Waals surface area contributed by atoms with Gasteiger partial charge in [-0.25, -0.2) is 0 Å². The lowest BCUT2D eigenvalue weighted by atomic mass is 10.2. The van der Waals surface area contributed by atoms with E-state index in [9.17, 15) is 9.59 Å². The highest BCUT2D eigenvalue weighted by molar-refractivity contribution is 9.12. The van der Waals surface area contributed by atoms with Gasteiger partial charge in [0.15, 0.2) is 0 Å². The lowest BCUT2D eigenvalue weighted by Gasteiger charge is -2.15. The Morgan fingerprint density at radius 3 is 2.53 bits per heavy atom. The van der Waals surface area contributed by atoms with Crippen LogP contribution in [0.5, 0.6) is 5.75 Å². The standard InChI is InChI=1S/C11H10Br2ClNO4/c1-19-7-3-2-5(14)4-6(7)15-10(16)8(12)9(13)11(17)18/h2-4,8-9H,1H3,(H,15,16)(H,17,18)/t8-,9-/m1/s1. The number of methoxy groups -OCH3 is 1. The van der Waals surface area contributed by atoms with E-state index in [-0.39, 0.29) is 0 Å². The molecule has 104 valence electrons. The molecule has 0 aliphatic carbocycles. The molecule has 0 heterocycles. The van der Waals surface area contributed by atoms with Crippen LogP contribution in [0.3, 0.4) is 0 Å². The van der Waals surface area contributed by atoms with Crippen molar-refractivity contribution in [3.8, 4) is 5.75 Å². The van der Waals surface area contributed by atoms with Gasteiger partial charge in [0.1, 0.15) is 15.4 Å². The molecule has 0 aliphatic heterocycles. The summed E-state index contributed by atoms with van der Waals surface area (Å²) in [6, 6.07) is 4.73. The number of rotatable bonds is 5. The van der Waals surface area contributed by atoms with E-state index < -0.39 is 21.5 Å². The van der Waals surface area contributed by atoms with Crippen LogP contribution < -0.4 is 10.1 Å². The molecular formula is C11H10Br2ClNO4. The molecule has 19 heavy (non-hydrogen) atoms. The van der Waals surface area contributed by atoms with Crippen LogP contribution in [-0.2, 0) is 9.59 Å². The number of carboxylic acids is 1. The van der Waals surface area contributed by atoms with E-state index in [1.807, 2.05) is 0 Å². The normalized spacial score (nSPS) is 13.5. The number of aliphatic carboxylic acids is 1. The van der Waals surface area contributed by atoms with Crippen molar-refractivity contribution in [1.29, 1.82) is 0 Å². The van der Waals surface area contributed by atoms with E-state index in [2.05, 4.69) is 37.2 Å². The number of alkyl halides is 2. The van der Waals surface area contributed by atoms with Gasteiger partial charge in [-0.05, 0) is 18.2 Å². The van der Waals surface area contributed by atoms with Gasteiger partial charge in [-0.2, -0.15) is 0 Å². The third-order valence-electron chi connectivity index (χ3n) is 2.16. The molecule has 0 fully saturated rings. The molecule has 2 N–H and O–H groups in total. The first-order chi connectivity index (χ1) is 8.86. The first-order valence-corrected chi connectivity index (χ1v) is 7.23. The molecule has 0 bridgehead atoms. The summed E-state index contributed by atoms with van der Waals surface area (Å²) in [6.07, 6.45) is 0. The second kappa shape index (κ2) is 7.12. The maximum Gasteiger partial charge on any atom is 0.318 e. The summed E-state index contributed by atoms with van der Waals surface area (Å²) in [6.45, 7) is 0. The van der Waals surface area contributed by atoms with Crippen molar-refractivity contribution >= 4 is 61.0 Å². The van der Waals surface area contributed by atoms with Gasteiger partial charge in [0.25, 0.3) is 0 Å². The molecular weight excluding hydrogens is 405 g/mol. The predicted octanol–water partition coefficient (Wildman–Crippen LogP) is 2.90. The fourth-order valence-corrected chi connectivity index (χ4v) is 1.99. The molecule has 1 aromatic carbocycles. The van der Waals surface area contributed by atoms with Crippen molar-refractivity contribution in [2.45, 2.75) is 9.65 Å². The largest absolute Gasteiger partial charge is 0.495 e. The molecule has 5 nitrogen and oxygen atoms in total. The van der Waals surface area contributed by atoms with Crippen molar-refractivity contribution in [3.05, 3.63) is 23.2 Å². The highest BCUT2D eigenvalue weighted by Gasteiger charge is 2.29. The average Bonchev–Trinajstić information content (AvgIpc) is 2.37. The van der Waals surface area contributed by atoms with Crippen LogP contribution in [0.2, 0.25) is 5.02 Å². The van der Waals surface area contributed by atoms with Crippen LogP contribution in [0.25, 0.3) is 0 Å². The molecule has 0 saturated carbocycles. The molecule has 0 spiro atoms. The number of hydrogen-bond donors (Lipinski definition) is 2. The first-order valence-electron chi connectivity index (χ1n) is 5.02. The van der Waals surface area contributed by atoms with Gasteiger partial charge in [0.05, 0.1) is 12.8 Å². The van der Waals surface area contributed by atoms with Crippen LogP contribution in [0.15, 0.2) is 18.2 Å². The average molecular weight is 415 g/mol. The third-order valence-corrected chi connectivity index (χ3v) is 4.97. The van der Waals surface area contributed by atoms with E-state index in [1.165, 1.54) is 13.2 Å². The Hall–Kier alpha value is -0.790. The van der Waals surface area contributed by atoms with E-state index in [4.69, 9.17) is 21.4 Å². The van der Waals surface area contributed by atoms with Gasteiger partial charge in [0, 0.05) is 5.02 Å². The number of carboxylic acid groups (broad SMARTS) is 1. The first kappa shape index (κ1) is 16.3. The molecule has 1 aromatic rings. The molecule has 0 radical (unpaired) electrons. The van der Waals surface area contributed by atoms with E-state index in [0.29, 0.717) is 16.5 Å². The SMILES string of the molecule is COc1ccc(Cl)cc1NC(=O)[C@H](Br)[C@@H](Br)C(=O)O. The smallest absolute Gasteiger partial charge is 0.318 e. The summed E-state index contributed by atoms with van der Waals surface area (Å²) in [5.41, 5.74) is 0.370. The van der Waals surface area contributed by atoms with Crippen LogP contribution in [-0.4, -0.2) is 33.7 Å². The number of halogens is 3. The van der Waals surface area contributed by atoms with Gasteiger partial charge in [-0.1, -0.05) is 43.5 Å². The van der Waals surface area contributed by atoms with Crippen LogP contribution in [0.4, 0.5) is 5.69 Å². The number of nitrogens with one attached hydrogen (secondary N) is 1. The van der Waals surface area contributed by atoms with Gasteiger partial charge in [-0.15, -0.1) is 0 Å². The summed E-state index contributed by atoms with van der Waals surface area (Å²) < 4.78 is 5.07. The lowest BCUT2D eigenvalue weighted by Crippen LogP contribution is -2.34. The zero-order valence-corrected chi connectivity index (χ0v) is 13.6. The minimum absolute atomic E-state index is 0.370. The Kier molecular flexibility index (Phi) is 6.09. The summed E-state index contributed by atoms with van der Waals surface area (Å²) in [4.78, 5) is 20.7. The number of anilines is 1. The molecule has 0 unspecified atom stereocenters. The zero-order valence-electron chi connectivity index (χ0n) is 9.69. The topological polar surface area (TPSA) is 75.6 Å². The quantitative estimate of drug-likeness (QED) is 0.726. The Labute approximate surface area is 131 Å². The van der Waals surface area contributed by atoms with E-state index >= 15 is 0 Å². The van der Waals surface area contributed by atoms with Gasteiger partial charge in [0.2, 0.25) is 5.91 Å². The van der Waals surface area contributed by atoms with Gasteiger partial charge < -0.3 is 15.2 Å². The molecule has 1 amide bonds. The van der Waals surface area contributed by atoms with Crippen LogP contribution in [0.1, 0.15) is 0 Å². The number of ether oxygens (including phenoxy) is 1. The van der Waals surface area contributed by atoms with Crippen molar-refractivity contribution in [2.24, 2.45) is 0 Å². The van der Waals surface area contributed by atoms with Gasteiger partial charge >= 0.3 is 5.97 Å². The monoisotopic (exact) mass is 413 g/mol. The highest BCUT2D eigenvalue weighted by Crippen LogP contribution is 2.28. The minimum Gasteiger partial charge on any atom is -0.495 e. The minimum atomic E-state index is -1.14. The molecule has 0 aromatic heterocycles. The van der Waals surface area contributed by atoms with Crippen LogP contribution in [0, 0.1) is 0 Å². The van der Waals surface area contributed by atoms with Gasteiger partial charge in [-0.3, -0.25) is 9.59 Å². The fraction of sp³-hybridized carbons (Fsp3) is 0.273. The van der Waals surface area contributed by atoms with Crippen molar-refractivity contribution in [2.75, 3.05) is 12.4 Å². The summed E-state index contributed by atoms with van der Waals surface area (Å²) in [7, 11) is 1.45. The van der Waals surface area contributed by atoms with Crippen molar-refractivity contribution < 1.29 is 19.4 Å². The highest BCUT2D eigenvalue weighted by atomic mass is 79.9. The summed E-state index contributed by atoms with van der Waals surface area (Å²) >= 11 is 11.8. The number of hydrogen-bond acceptors (Lipinski definition) is 3. The molecule has 0 aliphatic rings. The second-order valence-electron chi connectivity index (χ2n) is 3.48. The van der Waals surface area contributed by atoms with Crippen molar-refractivity contribution in [1.82, 2.24) is 0 Å². The summed E-state index contributed by atoms with van der Waals surface area (Å²) in [5.74, 6) is -1.24. The fourth-order valence-electron chi connectivity index (χ4n) is 1.24. The van der Waals surface area contributed by atoms with Crippen molar-refractivity contribution in [3.63, 3.8) is 0 Å². The Morgan fingerprint density at radius 1 is 1.37 bits per heavy atom.